The molecule has 1 heterocycles. The van der Waals surface area contributed by atoms with Gasteiger partial charge < -0.3 is 5.32 Å². The number of rotatable bonds is 5. The van der Waals surface area contributed by atoms with E-state index in [4.69, 9.17) is 0 Å². The summed E-state index contributed by atoms with van der Waals surface area (Å²) in [7, 11) is 0. The van der Waals surface area contributed by atoms with E-state index in [1.54, 1.807) is 6.20 Å². The molecule has 15 heavy (non-hydrogen) atoms. The first-order chi connectivity index (χ1) is 7.38. The van der Waals surface area contributed by atoms with Gasteiger partial charge in [-0.15, -0.1) is 11.8 Å². The van der Waals surface area contributed by atoms with Crippen LogP contribution in [-0.2, 0) is 0 Å². The second kappa shape index (κ2) is 7.03. The lowest BCUT2D eigenvalue weighted by Gasteiger charge is -2.16. The van der Waals surface area contributed by atoms with Crippen LogP contribution in [0.2, 0.25) is 0 Å². The van der Waals surface area contributed by atoms with E-state index < -0.39 is 0 Å². The summed E-state index contributed by atoms with van der Waals surface area (Å²) in [6, 6.07) is 4.47. The van der Waals surface area contributed by atoms with Crippen molar-refractivity contribution in [3.05, 3.63) is 30.1 Å². The first-order valence-electron chi connectivity index (χ1n) is 5.41. The Kier molecular flexibility index (Phi) is 5.50. The zero-order valence-corrected chi connectivity index (χ0v) is 9.46. The predicted molar refractivity (Wildman–Crippen MR) is 63.3 cm³/mol. The summed E-state index contributed by atoms with van der Waals surface area (Å²) in [6.07, 6.45) is 5.70. The smallest absolute Gasteiger partial charge is 0.0344 e. The van der Waals surface area contributed by atoms with Crippen molar-refractivity contribution in [1.82, 2.24) is 10.3 Å². The van der Waals surface area contributed by atoms with Crippen LogP contribution >= 0.6 is 0 Å². The highest BCUT2D eigenvalue weighted by Gasteiger charge is 2.08. The summed E-state index contributed by atoms with van der Waals surface area (Å²) in [5.41, 5.74) is 1.25. The summed E-state index contributed by atoms with van der Waals surface area (Å²) in [5, 5.41) is 3.45. The third kappa shape index (κ3) is 4.14. The minimum atomic E-state index is 0.379. The fraction of sp³-hybridized carbons (Fsp3) is 0.462. The van der Waals surface area contributed by atoms with E-state index in [9.17, 15) is 0 Å². The summed E-state index contributed by atoms with van der Waals surface area (Å²) >= 11 is 0. The van der Waals surface area contributed by atoms with Crippen molar-refractivity contribution in [2.75, 3.05) is 6.54 Å². The topological polar surface area (TPSA) is 24.9 Å². The average Bonchev–Trinajstić information content (AvgIpc) is 2.29. The van der Waals surface area contributed by atoms with Gasteiger partial charge in [0.05, 0.1) is 0 Å². The third-order valence-corrected chi connectivity index (χ3v) is 2.27. The van der Waals surface area contributed by atoms with Crippen LogP contribution in [0.15, 0.2) is 24.5 Å². The van der Waals surface area contributed by atoms with Gasteiger partial charge in [0.1, 0.15) is 0 Å². The molecule has 2 nitrogen and oxygen atoms in total. The van der Waals surface area contributed by atoms with Gasteiger partial charge in [-0.25, -0.2) is 0 Å². The molecule has 0 aliphatic heterocycles. The molecule has 0 aliphatic rings. The van der Waals surface area contributed by atoms with Crippen molar-refractivity contribution in [3.8, 4) is 11.8 Å². The molecule has 2 heteroatoms. The number of aromatic nitrogens is 1. The maximum absolute atomic E-state index is 4.14. The molecule has 0 saturated carbocycles. The van der Waals surface area contributed by atoms with Crippen molar-refractivity contribution >= 4 is 0 Å². The summed E-state index contributed by atoms with van der Waals surface area (Å²) in [5.74, 6) is 6.02. The van der Waals surface area contributed by atoms with E-state index in [-0.39, 0.29) is 0 Å². The summed E-state index contributed by atoms with van der Waals surface area (Å²) in [4.78, 5) is 4.14. The molecule has 0 saturated heterocycles. The molecular weight excluding hydrogens is 184 g/mol. The molecule has 0 amide bonds. The van der Waals surface area contributed by atoms with E-state index in [0.717, 1.165) is 19.4 Å². The normalized spacial score (nSPS) is 11.6. The Balaban J connectivity index is 2.60. The first-order valence-corrected chi connectivity index (χ1v) is 5.41. The molecule has 1 N–H and O–H groups in total. The van der Waals surface area contributed by atoms with Gasteiger partial charge in [0.2, 0.25) is 0 Å². The fourth-order valence-electron chi connectivity index (χ4n) is 1.56. The number of nitrogens with zero attached hydrogens (tertiary/aromatic N) is 1. The molecule has 0 aliphatic carbocycles. The van der Waals surface area contributed by atoms with Crippen molar-refractivity contribution < 1.29 is 0 Å². The van der Waals surface area contributed by atoms with Crippen LogP contribution in [0.4, 0.5) is 0 Å². The van der Waals surface area contributed by atoms with Crippen LogP contribution in [0.1, 0.15) is 38.3 Å². The average molecular weight is 202 g/mol. The van der Waals surface area contributed by atoms with Crippen molar-refractivity contribution in [3.63, 3.8) is 0 Å². The lowest BCUT2D eigenvalue weighted by Crippen LogP contribution is -2.20. The van der Waals surface area contributed by atoms with Crippen molar-refractivity contribution in [1.29, 1.82) is 0 Å². The van der Waals surface area contributed by atoms with Gasteiger partial charge in [-0.2, -0.15) is 0 Å². The zero-order valence-electron chi connectivity index (χ0n) is 9.46. The molecule has 0 fully saturated rings. The Hall–Kier alpha value is -1.33. The Bertz CT molecular complexity index is 321. The molecule has 0 spiro atoms. The number of hydrogen-bond acceptors (Lipinski definition) is 2. The van der Waals surface area contributed by atoms with Gasteiger partial charge >= 0.3 is 0 Å². The summed E-state index contributed by atoms with van der Waals surface area (Å²) in [6.45, 7) is 4.97. The molecule has 1 aromatic heterocycles. The van der Waals surface area contributed by atoms with Crippen LogP contribution in [0.25, 0.3) is 0 Å². The van der Waals surface area contributed by atoms with Gasteiger partial charge in [0.25, 0.3) is 0 Å². The van der Waals surface area contributed by atoms with Crippen LogP contribution in [-0.4, -0.2) is 11.5 Å². The molecule has 0 radical (unpaired) electrons. The highest BCUT2D eigenvalue weighted by atomic mass is 14.9. The Morgan fingerprint density at radius 2 is 2.40 bits per heavy atom. The molecule has 0 aromatic carbocycles. The fourth-order valence-corrected chi connectivity index (χ4v) is 1.56. The Morgan fingerprint density at radius 3 is 3.00 bits per heavy atom. The van der Waals surface area contributed by atoms with E-state index in [1.165, 1.54) is 5.56 Å². The predicted octanol–water partition coefficient (Wildman–Crippen LogP) is 2.54. The lowest BCUT2D eigenvalue weighted by atomic mass is 10.0. The Morgan fingerprint density at radius 1 is 1.53 bits per heavy atom. The highest BCUT2D eigenvalue weighted by molar-refractivity contribution is 5.14. The SMILES string of the molecule is CC#CCCC(NCC)c1cccnc1. The third-order valence-electron chi connectivity index (χ3n) is 2.27. The Labute approximate surface area is 92.1 Å². The standard InChI is InChI=1S/C13H18N2/c1-3-5-6-9-13(15-4-2)12-8-7-10-14-11-12/h7-8,10-11,13,15H,4,6,9H2,1-2H3. The van der Waals surface area contributed by atoms with Crippen LogP contribution in [0, 0.1) is 11.8 Å². The van der Waals surface area contributed by atoms with Crippen molar-refractivity contribution in [2.45, 2.75) is 32.7 Å². The van der Waals surface area contributed by atoms with E-state index in [0.29, 0.717) is 6.04 Å². The van der Waals surface area contributed by atoms with E-state index in [1.807, 2.05) is 19.2 Å². The molecule has 1 unspecified atom stereocenters. The maximum atomic E-state index is 4.14. The van der Waals surface area contributed by atoms with E-state index in [2.05, 4.69) is 35.1 Å². The molecule has 1 aromatic rings. The molecule has 1 rings (SSSR count). The highest BCUT2D eigenvalue weighted by Crippen LogP contribution is 2.16. The molecule has 0 bridgehead atoms. The second-order valence-electron chi connectivity index (χ2n) is 3.36. The molecule has 1 atom stereocenters. The minimum Gasteiger partial charge on any atom is -0.310 e. The van der Waals surface area contributed by atoms with E-state index >= 15 is 0 Å². The summed E-state index contributed by atoms with van der Waals surface area (Å²) < 4.78 is 0. The first kappa shape index (κ1) is 11.7. The largest absolute Gasteiger partial charge is 0.310 e. The van der Waals surface area contributed by atoms with Crippen LogP contribution in [0.3, 0.4) is 0 Å². The van der Waals surface area contributed by atoms with Gasteiger partial charge in [-0.3, -0.25) is 4.98 Å². The van der Waals surface area contributed by atoms with Gasteiger partial charge in [0, 0.05) is 24.9 Å². The van der Waals surface area contributed by atoms with Crippen LogP contribution in [0.5, 0.6) is 0 Å². The van der Waals surface area contributed by atoms with Crippen molar-refractivity contribution in [2.24, 2.45) is 0 Å². The zero-order chi connectivity index (χ0) is 10.9. The molecule has 80 valence electrons. The monoisotopic (exact) mass is 202 g/mol. The van der Waals surface area contributed by atoms with Gasteiger partial charge in [-0.1, -0.05) is 13.0 Å². The van der Waals surface area contributed by atoms with Gasteiger partial charge in [0.15, 0.2) is 0 Å². The molecular formula is C13H18N2. The number of pyridine rings is 1. The van der Waals surface area contributed by atoms with Gasteiger partial charge in [-0.05, 0) is 31.5 Å². The maximum Gasteiger partial charge on any atom is 0.0344 e. The quantitative estimate of drug-likeness (QED) is 0.742. The lowest BCUT2D eigenvalue weighted by molar-refractivity contribution is 0.521. The van der Waals surface area contributed by atoms with Crippen LogP contribution < -0.4 is 5.32 Å². The number of hydrogen-bond donors (Lipinski definition) is 1. The minimum absolute atomic E-state index is 0.379. The second-order valence-corrected chi connectivity index (χ2v) is 3.36. The number of nitrogens with one attached hydrogen (secondary N) is 1.